The minimum Gasteiger partial charge on any atom is -0.349 e. The maximum absolute atomic E-state index is 5.07. The van der Waals surface area contributed by atoms with Crippen LogP contribution in [0.2, 0.25) is 0 Å². The number of anilines is 2. The fourth-order valence-corrected chi connectivity index (χ4v) is 5.79. The Morgan fingerprint density at radius 2 is 1.42 bits per heavy atom. The average Bonchev–Trinajstić information content (AvgIpc) is 2.61. The van der Waals surface area contributed by atoms with Gasteiger partial charge in [0.2, 0.25) is 11.9 Å². The molecule has 1 saturated heterocycles. The third kappa shape index (κ3) is 7.53. The molecule has 2 N–H and O–H groups in total. The van der Waals surface area contributed by atoms with Crippen LogP contribution in [0, 0.1) is 5.41 Å². The van der Waals surface area contributed by atoms with Gasteiger partial charge in [-0.2, -0.15) is 15.0 Å². The zero-order chi connectivity index (χ0) is 25.5. The summed E-state index contributed by atoms with van der Waals surface area (Å²) in [6, 6.07) is 0.358. The van der Waals surface area contributed by atoms with Crippen molar-refractivity contribution >= 4 is 11.9 Å². The highest BCUT2D eigenvalue weighted by molar-refractivity contribution is 5.40. The van der Waals surface area contributed by atoms with Gasteiger partial charge in [0.25, 0.3) is 0 Å². The van der Waals surface area contributed by atoms with Crippen LogP contribution in [0.15, 0.2) is 0 Å². The molecule has 1 aliphatic heterocycles. The van der Waals surface area contributed by atoms with Crippen LogP contribution in [0.5, 0.6) is 0 Å². The fraction of sp³-hybridized carbons (Fsp3) is 0.889. The molecule has 1 fully saturated rings. The predicted octanol–water partition coefficient (Wildman–Crippen LogP) is 6.32. The number of nitrogens with one attached hydrogen (secondary N) is 2. The van der Waals surface area contributed by atoms with Gasteiger partial charge in [-0.05, 0) is 79.1 Å². The number of piperidine rings is 1. The van der Waals surface area contributed by atoms with Crippen LogP contribution in [0.1, 0.15) is 121 Å². The van der Waals surface area contributed by atoms with E-state index in [4.69, 9.17) is 15.0 Å². The lowest BCUT2D eigenvalue weighted by Gasteiger charge is -2.49. The summed E-state index contributed by atoms with van der Waals surface area (Å²) in [5.41, 5.74) is 0.136. The number of rotatable bonds is 8. The second kappa shape index (κ2) is 9.31. The molecule has 1 aliphatic rings. The SMILES string of the molecule is CCC(C)(CC)c1nc(NC(C)(C)CC(C)(C)C)nc(N(C)C2CC(C)(C)NC(C)(C)C2)n1. The molecule has 6 nitrogen and oxygen atoms in total. The summed E-state index contributed by atoms with van der Waals surface area (Å²) in [4.78, 5) is 17.3. The molecule has 1 aromatic rings. The maximum Gasteiger partial charge on any atom is 0.230 e. The summed E-state index contributed by atoms with van der Waals surface area (Å²) >= 11 is 0. The topological polar surface area (TPSA) is 66.0 Å². The van der Waals surface area contributed by atoms with E-state index in [1.165, 1.54) is 0 Å². The molecule has 0 aromatic carbocycles. The molecule has 0 spiro atoms. The third-order valence-corrected chi connectivity index (χ3v) is 7.18. The zero-order valence-corrected chi connectivity index (χ0v) is 23.9. The molecule has 190 valence electrons. The zero-order valence-electron chi connectivity index (χ0n) is 23.9. The van der Waals surface area contributed by atoms with Gasteiger partial charge in [0, 0.05) is 35.1 Å². The molecule has 1 aromatic heterocycles. The Bertz CT molecular complexity index is 785. The molecule has 0 bridgehead atoms. The van der Waals surface area contributed by atoms with E-state index in [9.17, 15) is 0 Å². The standard InChI is InChI=1S/C27H52N6/c1-14-27(12,15-2)20-28-21(31-26(10,11)18-23(3,4)5)30-22(29-20)33(13)19-16-24(6,7)32-25(8,9)17-19/h19,32H,14-18H2,1-13H3,(H,28,29,30,31). The summed E-state index contributed by atoms with van der Waals surface area (Å²) in [6.45, 7) is 27.2. The normalized spacial score (nSPS) is 19.4. The van der Waals surface area contributed by atoms with E-state index >= 15 is 0 Å². The predicted molar refractivity (Wildman–Crippen MR) is 142 cm³/mol. The van der Waals surface area contributed by atoms with E-state index < -0.39 is 0 Å². The van der Waals surface area contributed by atoms with E-state index in [0.717, 1.165) is 43.9 Å². The van der Waals surface area contributed by atoms with Crippen LogP contribution in [-0.2, 0) is 5.41 Å². The minimum atomic E-state index is -0.125. The molecule has 2 heterocycles. The van der Waals surface area contributed by atoms with Crippen molar-refractivity contribution in [3.8, 4) is 0 Å². The van der Waals surface area contributed by atoms with Crippen molar-refractivity contribution in [2.45, 2.75) is 143 Å². The van der Waals surface area contributed by atoms with Crippen molar-refractivity contribution in [1.29, 1.82) is 0 Å². The third-order valence-electron chi connectivity index (χ3n) is 7.18. The smallest absolute Gasteiger partial charge is 0.230 e. The molecule has 6 heteroatoms. The van der Waals surface area contributed by atoms with Crippen molar-refractivity contribution in [3.05, 3.63) is 5.82 Å². The van der Waals surface area contributed by atoms with Crippen LogP contribution in [-0.4, -0.2) is 44.7 Å². The molecule has 33 heavy (non-hydrogen) atoms. The summed E-state index contributed by atoms with van der Waals surface area (Å²) < 4.78 is 0. The number of aromatic nitrogens is 3. The van der Waals surface area contributed by atoms with Crippen molar-refractivity contribution in [2.75, 3.05) is 17.3 Å². The van der Waals surface area contributed by atoms with Crippen molar-refractivity contribution in [3.63, 3.8) is 0 Å². The Kier molecular flexibility index (Phi) is 7.85. The Morgan fingerprint density at radius 3 is 1.88 bits per heavy atom. The molecule has 0 radical (unpaired) electrons. The van der Waals surface area contributed by atoms with Gasteiger partial charge in [-0.15, -0.1) is 0 Å². The maximum atomic E-state index is 5.07. The molecule has 0 aliphatic carbocycles. The quantitative estimate of drug-likeness (QED) is 0.473. The largest absolute Gasteiger partial charge is 0.349 e. The first-order chi connectivity index (χ1) is 14.8. The van der Waals surface area contributed by atoms with Crippen LogP contribution in [0.25, 0.3) is 0 Å². The highest BCUT2D eigenvalue weighted by atomic mass is 15.3. The average molecular weight is 461 g/mol. The van der Waals surface area contributed by atoms with Gasteiger partial charge in [-0.25, -0.2) is 0 Å². The van der Waals surface area contributed by atoms with Gasteiger partial charge >= 0.3 is 0 Å². The summed E-state index contributed by atoms with van der Waals surface area (Å²) in [5, 5.41) is 7.46. The highest BCUT2D eigenvalue weighted by Gasteiger charge is 2.40. The van der Waals surface area contributed by atoms with Gasteiger partial charge in [0.05, 0.1) is 0 Å². The fourth-order valence-electron chi connectivity index (χ4n) is 5.79. The van der Waals surface area contributed by atoms with Crippen molar-refractivity contribution < 1.29 is 0 Å². The molecule has 0 saturated carbocycles. The molecule has 0 unspecified atom stereocenters. The Morgan fingerprint density at radius 1 is 0.909 bits per heavy atom. The summed E-state index contributed by atoms with van der Waals surface area (Å²) in [6.07, 6.45) is 5.10. The highest BCUT2D eigenvalue weighted by Crippen LogP contribution is 2.35. The first-order valence-corrected chi connectivity index (χ1v) is 12.9. The van der Waals surface area contributed by atoms with E-state index in [1.54, 1.807) is 0 Å². The Labute approximate surface area is 204 Å². The lowest BCUT2D eigenvalue weighted by atomic mass is 9.79. The van der Waals surface area contributed by atoms with E-state index in [2.05, 4.69) is 106 Å². The number of hydrogen-bond acceptors (Lipinski definition) is 6. The Balaban J connectivity index is 2.49. The van der Waals surface area contributed by atoms with Gasteiger partial charge in [0.1, 0.15) is 5.82 Å². The summed E-state index contributed by atoms with van der Waals surface area (Å²) in [7, 11) is 2.15. The monoisotopic (exact) mass is 460 g/mol. The lowest BCUT2D eigenvalue weighted by molar-refractivity contribution is 0.160. The second-order valence-corrected chi connectivity index (χ2v) is 13.9. The second-order valence-electron chi connectivity index (χ2n) is 13.9. The first-order valence-electron chi connectivity index (χ1n) is 12.9. The van der Waals surface area contributed by atoms with Crippen LogP contribution in [0.3, 0.4) is 0 Å². The molecule has 0 amide bonds. The van der Waals surface area contributed by atoms with Crippen LogP contribution >= 0.6 is 0 Å². The van der Waals surface area contributed by atoms with Gasteiger partial charge in [-0.3, -0.25) is 0 Å². The van der Waals surface area contributed by atoms with Gasteiger partial charge < -0.3 is 15.5 Å². The Hall–Kier alpha value is -1.43. The van der Waals surface area contributed by atoms with E-state index in [-0.39, 0.29) is 27.4 Å². The lowest BCUT2D eigenvalue weighted by Crippen LogP contribution is -2.62. The number of hydrogen-bond donors (Lipinski definition) is 2. The minimum absolute atomic E-state index is 0.0632. The van der Waals surface area contributed by atoms with E-state index in [1.807, 2.05) is 0 Å². The van der Waals surface area contributed by atoms with Crippen molar-refractivity contribution in [1.82, 2.24) is 20.3 Å². The summed E-state index contributed by atoms with van der Waals surface area (Å²) in [5.74, 6) is 2.36. The molecular formula is C27H52N6. The van der Waals surface area contributed by atoms with Gasteiger partial charge in [-0.1, -0.05) is 41.5 Å². The van der Waals surface area contributed by atoms with Gasteiger partial charge in [0.15, 0.2) is 0 Å². The van der Waals surface area contributed by atoms with Crippen molar-refractivity contribution in [2.24, 2.45) is 5.41 Å². The van der Waals surface area contributed by atoms with Crippen LogP contribution < -0.4 is 15.5 Å². The van der Waals surface area contributed by atoms with E-state index in [0.29, 0.717) is 12.0 Å². The molecule has 0 atom stereocenters. The molecular weight excluding hydrogens is 408 g/mol. The number of nitrogens with zero attached hydrogens (tertiary/aromatic N) is 4. The molecule has 2 rings (SSSR count). The van der Waals surface area contributed by atoms with Crippen LogP contribution in [0.4, 0.5) is 11.9 Å². The first kappa shape index (κ1) is 27.8.